The van der Waals surface area contributed by atoms with Crippen LogP contribution < -0.4 is 10.1 Å². The lowest BCUT2D eigenvalue weighted by molar-refractivity contribution is 0.0632. The Hall–Kier alpha value is -2.60. The van der Waals surface area contributed by atoms with Gasteiger partial charge >= 0.3 is 0 Å². The van der Waals surface area contributed by atoms with Gasteiger partial charge in [-0.15, -0.1) is 0 Å². The van der Waals surface area contributed by atoms with Gasteiger partial charge in [0, 0.05) is 30.6 Å². The summed E-state index contributed by atoms with van der Waals surface area (Å²) in [7, 11) is 0. The molecule has 2 amide bonds. The van der Waals surface area contributed by atoms with Gasteiger partial charge in [-0.2, -0.15) is 0 Å². The van der Waals surface area contributed by atoms with E-state index in [2.05, 4.69) is 5.32 Å². The van der Waals surface area contributed by atoms with Gasteiger partial charge in [0.05, 0.1) is 17.2 Å². The third kappa shape index (κ3) is 5.11. The van der Waals surface area contributed by atoms with E-state index in [4.69, 9.17) is 16.3 Å². The fourth-order valence-corrected chi connectivity index (χ4v) is 3.85. The summed E-state index contributed by atoms with van der Waals surface area (Å²) in [5.74, 6) is -0.0356. The van der Waals surface area contributed by atoms with Gasteiger partial charge in [-0.25, -0.2) is 4.39 Å². The van der Waals surface area contributed by atoms with E-state index in [1.165, 1.54) is 18.2 Å². The van der Waals surface area contributed by atoms with Crippen LogP contribution in [0.2, 0.25) is 5.02 Å². The number of benzene rings is 2. The quantitative estimate of drug-likeness (QED) is 0.743. The first-order valence-electron chi connectivity index (χ1n) is 10.3. The zero-order valence-corrected chi connectivity index (χ0v) is 17.3. The number of likely N-dealkylation sites (tertiary alicyclic amines) is 1. The monoisotopic (exact) mass is 430 g/mol. The molecule has 1 aliphatic carbocycles. The minimum absolute atomic E-state index is 0.0793. The van der Waals surface area contributed by atoms with Crippen molar-refractivity contribution < 1.29 is 18.7 Å². The van der Waals surface area contributed by atoms with Crippen molar-refractivity contribution in [3.63, 3.8) is 0 Å². The average Bonchev–Trinajstić information content (AvgIpc) is 3.58. The van der Waals surface area contributed by atoms with E-state index in [-0.39, 0.29) is 28.3 Å². The van der Waals surface area contributed by atoms with Crippen LogP contribution in [0.4, 0.5) is 4.39 Å². The highest BCUT2D eigenvalue weighted by molar-refractivity contribution is 6.33. The molecule has 1 N–H and O–H groups in total. The van der Waals surface area contributed by atoms with Crippen LogP contribution in [0.1, 0.15) is 46.4 Å². The third-order valence-corrected chi connectivity index (χ3v) is 5.79. The van der Waals surface area contributed by atoms with Crippen LogP contribution in [-0.2, 0) is 0 Å². The Labute approximate surface area is 180 Å². The lowest BCUT2D eigenvalue weighted by Crippen LogP contribution is -2.41. The molecule has 0 aromatic heterocycles. The molecule has 1 saturated carbocycles. The molecule has 4 rings (SSSR count). The highest BCUT2D eigenvalue weighted by atomic mass is 35.5. The molecule has 0 spiro atoms. The van der Waals surface area contributed by atoms with E-state index in [1.54, 1.807) is 23.1 Å². The van der Waals surface area contributed by atoms with Crippen LogP contribution in [-0.4, -0.2) is 42.5 Å². The number of nitrogens with one attached hydrogen (secondary N) is 1. The average molecular weight is 431 g/mol. The molecule has 30 heavy (non-hydrogen) atoms. The molecule has 2 aromatic rings. The zero-order chi connectivity index (χ0) is 21.1. The van der Waals surface area contributed by atoms with Gasteiger partial charge in [0.25, 0.3) is 11.8 Å². The summed E-state index contributed by atoms with van der Waals surface area (Å²) in [6.45, 7) is 1.57. The number of hydrogen-bond acceptors (Lipinski definition) is 3. The van der Waals surface area contributed by atoms with Gasteiger partial charge in [-0.1, -0.05) is 17.7 Å². The molecule has 1 saturated heterocycles. The van der Waals surface area contributed by atoms with Gasteiger partial charge in [0.15, 0.2) is 0 Å². The third-order valence-electron chi connectivity index (χ3n) is 5.46. The molecule has 2 fully saturated rings. The number of amides is 2. The smallest absolute Gasteiger partial charge is 0.255 e. The van der Waals surface area contributed by atoms with Gasteiger partial charge in [-0.3, -0.25) is 9.59 Å². The van der Waals surface area contributed by atoms with Crippen LogP contribution in [0.3, 0.4) is 0 Å². The van der Waals surface area contributed by atoms with Crippen molar-refractivity contribution in [1.29, 1.82) is 0 Å². The number of ether oxygens (including phenoxy) is 1. The van der Waals surface area contributed by atoms with Crippen molar-refractivity contribution in [2.24, 2.45) is 5.92 Å². The summed E-state index contributed by atoms with van der Waals surface area (Å²) in [5.41, 5.74) is 0.771. The molecule has 0 radical (unpaired) electrons. The molecule has 0 bridgehead atoms. The van der Waals surface area contributed by atoms with E-state index >= 15 is 0 Å². The Balaban J connectivity index is 1.34. The second-order valence-electron chi connectivity index (χ2n) is 7.97. The summed E-state index contributed by atoms with van der Waals surface area (Å²) in [4.78, 5) is 26.7. The topological polar surface area (TPSA) is 58.6 Å². The van der Waals surface area contributed by atoms with Crippen molar-refractivity contribution in [2.75, 3.05) is 19.7 Å². The fraction of sp³-hybridized carbons (Fsp3) is 0.391. The Morgan fingerprint density at radius 1 is 1.17 bits per heavy atom. The molecule has 7 heteroatoms. The Kier molecular flexibility index (Phi) is 6.23. The van der Waals surface area contributed by atoms with Crippen molar-refractivity contribution in [1.82, 2.24) is 10.2 Å². The number of carbonyl (C=O) groups excluding carboxylic acids is 2. The van der Waals surface area contributed by atoms with E-state index < -0.39 is 5.82 Å². The molecule has 1 aliphatic heterocycles. The second-order valence-corrected chi connectivity index (χ2v) is 8.38. The first-order valence-corrected chi connectivity index (χ1v) is 10.7. The maximum Gasteiger partial charge on any atom is 0.255 e. The maximum atomic E-state index is 13.5. The molecule has 2 aromatic carbocycles. The minimum atomic E-state index is -0.481. The zero-order valence-electron chi connectivity index (χ0n) is 16.6. The Bertz CT molecular complexity index is 948. The molecule has 1 atom stereocenters. The van der Waals surface area contributed by atoms with Crippen LogP contribution >= 0.6 is 11.6 Å². The predicted octanol–water partition coefficient (Wildman–Crippen LogP) is 4.30. The standard InChI is InChI=1S/C23H24ClFN2O3/c24-21-9-6-17(25)12-20(21)23(29)27-10-2-3-15(13-27)14-30-19-5-1-4-16(11-19)22(28)26-18-7-8-18/h1,4-6,9,11-12,15,18H,2-3,7-8,10,13-14H2,(H,26,28)/t15-/m1/s1. The second kappa shape index (κ2) is 9.04. The van der Waals surface area contributed by atoms with Crippen molar-refractivity contribution in [3.05, 3.63) is 64.4 Å². The van der Waals surface area contributed by atoms with E-state index in [0.717, 1.165) is 25.7 Å². The molecule has 2 aliphatic rings. The highest BCUT2D eigenvalue weighted by Crippen LogP contribution is 2.25. The predicted molar refractivity (Wildman–Crippen MR) is 112 cm³/mol. The lowest BCUT2D eigenvalue weighted by Gasteiger charge is -2.33. The lowest BCUT2D eigenvalue weighted by atomic mass is 9.98. The Morgan fingerprint density at radius 2 is 2.00 bits per heavy atom. The first-order chi connectivity index (χ1) is 14.5. The van der Waals surface area contributed by atoms with Crippen molar-refractivity contribution in [2.45, 2.75) is 31.7 Å². The normalized spacial score (nSPS) is 18.7. The number of piperidine rings is 1. The van der Waals surface area contributed by atoms with Crippen molar-refractivity contribution in [3.8, 4) is 5.75 Å². The maximum absolute atomic E-state index is 13.5. The van der Waals surface area contributed by atoms with E-state index in [1.807, 2.05) is 6.07 Å². The summed E-state index contributed by atoms with van der Waals surface area (Å²) in [5, 5.41) is 3.22. The summed E-state index contributed by atoms with van der Waals surface area (Å²) in [6.07, 6.45) is 3.86. The molecule has 5 nitrogen and oxygen atoms in total. The number of nitrogens with zero attached hydrogens (tertiary/aromatic N) is 1. The number of rotatable bonds is 6. The molecular formula is C23H24ClFN2O3. The summed E-state index contributed by atoms with van der Waals surface area (Å²) < 4.78 is 19.5. The fourth-order valence-electron chi connectivity index (χ4n) is 3.65. The van der Waals surface area contributed by atoms with Crippen LogP contribution in [0.5, 0.6) is 5.75 Å². The highest BCUT2D eigenvalue weighted by Gasteiger charge is 2.27. The molecule has 1 heterocycles. The van der Waals surface area contributed by atoms with Gasteiger partial charge < -0.3 is 15.0 Å². The molecule has 158 valence electrons. The minimum Gasteiger partial charge on any atom is -0.493 e. The van der Waals surface area contributed by atoms with Gasteiger partial charge in [0.1, 0.15) is 11.6 Å². The number of halogens is 2. The largest absolute Gasteiger partial charge is 0.493 e. The van der Waals surface area contributed by atoms with E-state index in [0.29, 0.717) is 37.1 Å². The van der Waals surface area contributed by atoms with Crippen LogP contribution in [0, 0.1) is 11.7 Å². The molecular weight excluding hydrogens is 407 g/mol. The van der Waals surface area contributed by atoms with Crippen LogP contribution in [0.15, 0.2) is 42.5 Å². The number of carbonyl (C=O) groups is 2. The SMILES string of the molecule is O=C(NC1CC1)c1cccc(OC[C@@H]2CCCN(C(=O)c3cc(F)ccc3Cl)C2)c1. The Morgan fingerprint density at radius 3 is 2.80 bits per heavy atom. The number of hydrogen-bond donors (Lipinski definition) is 1. The van der Waals surface area contributed by atoms with Gasteiger partial charge in [-0.05, 0) is 62.1 Å². The first kappa shape index (κ1) is 20.7. The summed E-state index contributed by atoms with van der Waals surface area (Å²) >= 11 is 6.09. The van der Waals surface area contributed by atoms with Gasteiger partial charge in [0.2, 0.25) is 0 Å². The molecule has 0 unspecified atom stereocenters. The van der Waals surface area contributed by atoms with Crippen molar-refractivity contribution >= 4 is 23.4 Å². The summed E-state index contributed by atoms with van der Waals surface area (Å²) in [6, 6.07) is 11.3. The van der Waals surface area contributed by atoms with Crippen LogP contribution in [0.25, 0.3) is 0 Å². The van der Waals surface area contributed by atoms with E-state index in [9.17, 15) is 14.0 Å².